The lowest BCUT2D eigenvalue weighted by Gasteiger charge is -2.29. The highest BCUT2D eigenvalue weighted by Crippen LogP contribution is 2.32. The van der Waals surface area contributed by atoms with Gasteiger partial charge in [-0.1, -0.05) is 30.3 Å². The molecule has 0 aliphatic carbocycles. The Morgan fingerprint density at radius 2 is 1.95 bits per heavy atom. The zero-order chi connectivity index (χ0) is 14.7. The molecule has 0 atom stereocenters. The molecule has 4 nitrogen and oxygen atoms in total. The zero-order valence-corrected chi connectivity index (χ0v) is 11.5. The normalized spacial score (nSPS) is 13.5. The largest absolute Gasteiger partial charge is 0.388 e. The van der Waals surface area contributed by atoms with Crippen LogP contribution in [-0.2, 0) is 17.8 Å². The topological polar surface area (TPSA) is 53.3 Å². The molecule has 0 saturated heterocycles. The first-order valence-electron chi connectivity index (χ1n) is 6.81. The number of ether oxygens (including phenoxy) is 1. The van der Waals surface area contributed by atoms with Crippen LogP contribution in [0.4, 0.5) is 5.69 Å². The van der Waals surface area contributed by atoms with Crippen LogP contribution >= 0.6 is 0 Å². The quantitative estimate of drug-likeness (QED) is 0.811. The minimum atomic E-state index is 0.125. The molecule has 1 aliphatic heterocycles. The van der Waals surface area contributed by atoms with Gasteiger partial charge in [0.1, 0.15) is 5.75 Å². The van der Waals surface area contributed by atoms with Gasteiger partial charge in [-0.3, -0.25) is 4.79 Å². The summed E-state index contributed by atoms with van der Waals surface area (Å²) in [4.78, 5) is 14.0. The van der Waals surface area contributed by atoms with Gasteiger partial charge in [-0.05, 0) is 35.7 Å². The van der Waals surface area contributed by atoms with Crippen molar-refractivity contribution in [2.24, 2.45) is 0 Å². The molecule has 3 rings (SSSR count). The van der Waals surface area contributed by atoms with Crippen molar-refractivity contribution >= 4 is 11.6 Å². The van der Waals surface area contributed by atoms with Crippen molar-refractivity contribution in [2.45, 2.75) is 19.4 Å². The minimum absolute atomic E-state index is 0.125. The predicted octanol–water partition coefficient (Wildman–Crippen LogP) is 3.03. The third kappa shape index (κ3) is 2.72. The summed E-state index contributed by atoms with van der Waals surface area (Å²) in [7, 11) is 0. The van der Waals surface area contributed by atoms with E-state index in [1.54, 1.807) is 17.2 Å². The van der Waals surface area contributed by atoms with E-state index in [9.17, 15) is 4.79 Å². The molecular formula is C17H14N2O2. The average Bonchev–Trinajstić information content (AvgIpc) is 2.51. The third-order valence-corrected chi connectivity index (χ3v) is 3.60. The van der Waals surface area contributed by atoms with Crippen molar-refractivity contribution in [3.63, 3.8) is 0 Å². The van der Waals surface area contributed by atoms with E-state index in [1.165, 1.54) is 0 Å². The number of hydrogen-bond donors (Lipinski definition) is 0. The first kappa shape index (κ1) is 13.2. The van der Waals surface area contributed by atoms with Crippen molar-refractivity contribution in [2.75, 3.05) is 4.90 Å². The van der Waals surface area contributed by atoms with Crippen LogP contribution in [0.25, 0.3) is 0 Å². The molecule has 0 fully saturated rings. The fourth-order valence-electron chi connectivity index (χ4n) is 2.59. The fourth-order valence-corrected chi connectivity index (χ4v) is 2.59. The molecule has 0 radical (unpaired) electrons. The Hall–Kier alpha value is -2.80. The van der Waals surface area contributed by atoms with Gasteiger partial charge in [0, 0.05) is 12.1 Å². The molecular weight excluding hydrogens is 264 g/mol. The van der Waals surface area contributed by atoms with E-state index in [2.05, 4.69) is 0 Å². The summed E-state index contributed by atoms with van der Waals surface area (Å²) in [5, 5.41) is 8.58. The lowest BCUT2D eigenvalue weighted by atomic mass is 10.00. The van der Waals surface area contributed by atoms with E-state index in [4.69, 9.17) is 10.00 Å². The van der Waals surface area contributed by atoms with Crippen LogP contribution in [0.2, 0.25) is 0 Å². The van der Waals surface area contributed by atoms with Crippen LogP contribution in [-0.4, -0.2) is 5.91 Å². The van der Waals surface area contributed by atoms with E-state index < -0.39 is 0 Å². The fraction of sp³-hybridized carbons (Fsp3) is 0.176. The summed E-state index contributed by atoms with van der Waals surface area (Å²) in [6.45, 7) is 0.561. The van der Waals surface area contributed by atoms with Crippen molar-refractivity contribution in [1.82, 2.24) is 0 Å². The maximum absolute atomic E-state index is 12.2. The summed E-state index contributed by atoms with van der Waals surface area (Å²) in [6.07, 6.45) is 2.83. The van der Waals surface area contributed by atoms with Crippen LogP contribution in [0, 0.1) is 11.5 Å². The van der Waals surface area contributed by atoms with E-state index in [-0.39, 0.29) is 5.91 Å². The Balaban J connectivity index is 1.92. The molecule has 104 valence electrons. The number of carbonyl (C=O) groups excluding carboxylic acids is 1. The first-order chi connectivity index (χ1) is 10.3. The molecule has 0 saturated carbocycles. The predicted molar refractivity (Wildman–Crippen MR) is 78.6 cm³/mol. The highest BCUT2D eigenvalue weighted by molar-refractivity contribution is 5.96. The summed E-state index contributed by atoms with van der Waals surface area (Å²) in [6, 6.07) is 15.3. The van der Waals surface area contributed by atoms with Crippen LogP contribution in [0.5, 0.6) is 5.75 Å². The Morgan fingerprint density at radius 3 is 2.71 bits per heavy atom. The molecule has 1 heterocycles. The molecule has 2 aromatic carbocycles. The van der Waals surface area contributed by atoms with Gasteiger partial charge in [-0.25, -0.2) is 0 Å². The Labute approximate surface area is 123 Å². The Morgan fingerprint density at radius 1 is 1.14 bits per heavy atom. The second-order valence-corrected chi connectivity index (χ2v) is 4.95. The first-order valence-corrected chi connectivity index (χ1v) is 6.81. The molecule has 4 heteroatoms. The minimum Gasteiger partial charge on any atom is -0.388 e. The number of nitriles is 1. The summed E-state index contributed by atoms with van der Waals surface area (Å²) < 4.78 is 4.85. The molecule has 1 amide bonds. The van der Waals surface area contributed by atoms with E-state index in [1.807, 2.05) is 42.5 Å². The number of anilines is 1. The number of aryl methyl sites for hydroxylation is 1. The van der Waals surface area contributed by atoms with Gasteiger partial charge >= 0.3 is 0 Å². The van der Waals surface area contributed by atoms with Crippen molar-refractivity contribution in [3.8, 4) is 12.0 Å². The molecule has 2 aromatic rings. The summed E-state index contributed by atoms with van der Waals surface area (Å²) in [5.74, 6) is 0.644. The molecule has 0 spiro atoms. The third-order valence-electron chi connectivity index (χ3n) is 3.60. The van der Waals surface area contributed by atoms with Crippen LogP contribution in [0.15, 0.2) is 48.5 Å². The molecule has 0 N–H and O–H groups in total. The van der Waals surface area contributed by atoms with E-state index >= 15 is 0 Å². The van der Waals surface area contributed by atoms with Gasteiger partial charge in [0.05, 0.1) is 6.54 Å². The maximum atomic E-state index is 12.2. The molecule has 1 aliphatic rings. The van der Waals surface area contributed by atoms with Gasteiger partial charge in [-0.2, -0.15) is 0 Å². The number of carbonyl (C=O) groups is 1. The Bertz CT molecular complexity index is 704. The summed E-state index contributed by atoms with van der Waals surface area (Å²) >= 11 is 0. The molecule has 0 unspecified atom stereocenters. The molecule has 21 heavy (non-hydrogen) atoms. The molecule has 0 bridgehead atoms. The highest BCUT2D eigenvalue weighted by atomic mass is 16.5. The number of fused-ring (bicyclic) bond motifs is 1. The van der Waals surface area contributed by atoms with E-state index in [0.29, 0.717) is 25.1 Å². The average molecular weight is 278 g/mol. The monoisotopic (exact) mass is 278 g/mol. The van der Waals surface area contributed by atoms with Crippen molar-refractivity contribution < 1.29 is 9.53 Å². The van der Waals surface area contributed by atoms with Gasteiger partial charge in [0.15, 0.2) is 0 Å². The van der Waals surface area contributed by atoms with Gasteiger partial charge in [-0.15, -0.1) is 5.26 Å². The number of amides is 1. The van der Waals surface area contributed by atoms with Crippen LogP contribution < -0.4 is 9.64 Å². The van der Waals surface area contributed by atoms with Crippen molar-refractivity contribution in [3.05, 3.63) is 59.7 Å². The van der Waals surface area contributed by atoms with Crippen LogP contribution in [0.1, 0.15) is 17.5 Å². The van der Waals surface area contributed by atoms with Crippen molar-refractivity contribution in [1.29, 1.82) is 5.26 Å². The van der Waals surface area contributed by atoms with E-state index in [0.717, 1.165) is 16.8 Å². The highest BCUT2D eigenvalue weighted by Gasteiger charge is 2.24. The van der Waals surface area contributed by atoms with Gasteiger partial charge in [0.25, 0.3) is 6.26 Å². The lowest BCUT2D eigenvalue weighted by Crippen LogP contribution is -2.34. The molecule has 0 aromatic heterocycles. The number of nitrogens with zero attached hydrogens (tertiary/aromatic N) is 2. The lowest BCUT2D eigenvalue weighted by molar-refractivity contribution is -0.119. The second kappa shape index (κ2) is 5.68. The number of hydrogen-bond acceptors (Lipinski definition) is 3. The Kier molecular flexibility index (Phi) is 3.57. The van der Waals surface area contributed by atoms with Gasteiger partial charge < -0.3 is 9.64 Å². The zero-order valence-electron chi connectivity index (χ0n) is 11.5. The SMILES string of the molecule is N#COc1ccc2c(c1)CCC(=O)N2Cc1ccccc1. The standard InChI is InChI=1S/C17H14N2O2/c18-12-21-15-7-8-16-14(10-15)6-9-17(20)19(16)11-13-4-2-1-3-5-13/h1-5,7-8,10H,6,9,11H2. The second-order valence-electron chi connectivity index (χ2n) is 4.95. The summed E-state index contributed by atoms with van der Waals surface area (Å²) in [5.41, 5.74) is 3.04. The smallest absolute Gasteiger partial charge is 0.292 e. The number of rotatable bonds is 3. The number of benzene rings is 2. The van der Waals surface area contributed by atoms with Gasteiger partial charge in [0.2, 0.25) is 5.91 Å². The maximum Gasteiger partial charge on any atom is 0.292 e. The van der Waals surface area contributed by atoms with Crippen LogP contribution in [0.3, 0.4) is 0 Å².